The van der Waals surface area contributed by atoms with Crippen LogP contribution in [-0.2, 0) is 10.0 Å². The number of sulfonamides is 1. The molecule has 0 aliphatic carbocycles. The Hall–Kier alpha value is -2.80. The molecule has 5 nitrogen and oxygen atoms in total. The second kappa shape index (κ2) is 6.37. The third-order valence-electron chi connectivity index (χ3n) is 3.43. The van der Waals surface area contributed by atoms with Gasteiger partial charge in [-0.05, 0) is 48.0 Å². The highest BCUT2D eigenvalue weighted by Gasteiger charge is 2.07. The van der Waals surface area contributed by atoms with Crippen LogP contribution in [-0.4, -0.2) is 20.5 Å². The van der Waals surface area contributed by atoms with Gasteiger partial charge in [0, 0.05) is 22.8 Å². The van der Waals surface area contributed by atoms with Crippen LogP contribution in [0.25, 0.3) is 17.0 Å². The summed E-state index contributed by atoms with van der Waals surface area (Å²) >= 11 is 0. The maximum absolute atomic E-state index is 13.6. The molecule has 1 heterocycles. The first-order valence-electron chi connectivity index (χ1n) is 7.08. The van der Waals surface area contributed by atoms with Crippen molar-refractivity contribution < 1.29 is 17.5 Å². The van der Waals surface area contributed by atoms with Gasteiger partial charge in [0.1, 0.15) is 0 Å². The number of H-pyrrole nitrogens is 1. The number of benzene rings is 2. The lowest BCUT2D eigenvalue weighted by atomic mass is 10.2. The van der Waals surface area contributed by atoms with E-state index in [1.54, 1.807) is 30.5 Å². The van der Waals surface area contributed by atoms with Crippen molar-refractivity contribution >= 4 is 32.7 Å². The van der Waals surface area contributed by atoms with Crippen molar-refractivity contribution in [1.82, 2.24) is 4.98 Å². The zero-order valence-electron chi connectivity index (χ0n) is 12.8. The molecule has 0 amide bonds. The monoisotopic (exact) mass is 346 g/mol. The minimum atomic E-state index is -3.71. The van der Waals surface area contributed by atoms with E-state index in [4.69, 9.17) is 4.74 Å². The van der Waals surface area contributed by atoms with Crippen LogP contribution in [0.2, 0.25) is 0 Å². The molecule has 24 heavy (non-hydrogen) atoms. The second-order valence-electron chi connectivity index (χ2n) is 5.12. The number of methoxy groups -OCH3 is 1. The topological polar surface area (TPSA) is 71.2 Å². The molecule has 0 bridgehead atoms. The second-order valence-corrected chi connectivity index (χ2v) is 6.69. The average Bonchev–Trinajstić information content (AvgIpc) is 3.00. The lowest BCUT2D eigenvalue weighted by Gasteiger charge is -2.05. The van der Waals surface area contributed by atoms with Gasteiger partial charge < -0.3 is 9.72 Å². The molecule has 3 aromatic rings. The third-order valence-corrected chi connectivity index (χ3v) is 4.44. The van der Waals surface area contributed by atoms with Crippen molar-refractivity contribution in [3.05, 3.63) is 65.5 Å². The highest BCUT2D eigenvalue weighted by molar-refractivity contribution is 7.95. The number of hydrogen-bond donors (Lipinski definition) is 2. The van der Waals surface area contributed by atoms with E-state index < -0.39 is 15.8 Å². The number of halogens is 1. The molecule has 0 fully saturated rings. The van der Waals surface area contributed by atoms with Gasteiger partial charge in [-0.2, -0.15) is 0 Å². The van der Waals surface area contributed by atoms with Gasteiger partial charge in [0.25, 0.3) is 10.0 Å². The Labute approximate surface area is 138 Å². The highest BCUT2D eigenvalue weighted by atomic mass is 32.2. The summed E-state index contributed by atoms with van der Waals surface area (Å²) in [6, 6.07) is 11.2. The number of aromatic nitrogens is 1. The van der Waals surface area contributed by atoms with Crippen molar-refractivity contribution in [3.8, 4) is 5.75 Å². The quantitative estimate of drug-likeness (QED) is 0.739. The molecule has 3 rings (SSSR count). The number of hydrogen-bond acceptors (Lipinski definition) is 3. The smallest absolute Gasteiger partial charge is 0.255 e. The van der Waals surface area contributed by atoms with Gasteiger partial charge in [-0.3, -0.25) is 4.72 Å². The molecule has 0 atom stereocenters. The van der Waals surface area contributed by atoms with E-state index >= 15 is 0 Å². The number of anilines is 1. The van der Waals surface area contributed by atoms with Crippen molar-refractivity contribution in [2.45, 2.75) is 0 Å². The van der Waals surface area contributed by atoms with E-state index in [9.17, 15) is 12.8 Å². The first-order chi connectivity index (χ1) is 11.5. The fourth-order valence-electron chi connectivity index (χ4n) is 2.27. The maximum Gasteiger partial charge on any atom is 0.255 e. The van der Waals surface area contributed by atoms with Gasteiger partial charge in [0.2, 0.25) is 0 Å². The number of ether oxygens (including phenoxy) is 1. The zero-order chi connectivity index (χ0) is 17.2. The third kappa shape index (κ3) is 3.57. The fraction of sp³-hybridized carbons (Fsp3) is 0.0588. The minimum Gasteiger partial charge on any atom is -0.494 e. The number of nitrogens with one attached hydrogen (secondary N) is 2. The van der Waals surface area contributed by atoms with E-state index in [1.165, 1.54) is 25.3 Å². The molecule has 2 aromatic carbocycles. The summed E-state index contributed by atoms with van der Waals surface area (Å²) in [6.45, 7) is 0. The predicted octanol–water partition coefficient (Wildman–Crippen LogP) is 3.73. The van der Waals surface area contributed by atoms with Crippen LogP contribution in [0.4, 0.5) is 10.1 Å². The number of fused-ring (bicyclic) bond motifs is 1. The van der Waals surface area contributed by atoms with Crippen molar-refractivity contribution in [3.63, 3.8) is 0 Å². The standard InChI is InChI=1S/C17H15FN2O3S/c1-23-17-5-2-12(10-15(17)18)7-9-24(21,22)20-14-3-4-16-13(11-14)6-8-19-16/h2-11,19-20H,1H3. The van der Waals surface area contributed by atoms with Crippen molar-refractivity contribution in [1.29, 1.82) is 0 Å². The van der Waals surface area contributed by atoms with Gasteiger partial charge in [-0.1, -0.05) is 6.07 Å². The lowest BCUT2D eigenvalue weighted by molar-refractivity contribution is 0.386. The molecular formula is C17H15FN2O3S. The molecule has 2 N–H and O–H groups in total. The van der Waals surface area contributed by atoms with Gasteiger partial charge in [-0.25, -0.2) is 12.8 Å². The summed E-state index contributed by atoms with van der Waals surface area (Å²) in [4.78, 5) is 3.03. The Morgan fingerprint density at radius 1 is 1.17 bits per heavy atom. The maximum atomic E-state index is 13.6. The Morgan fingerprint density at radius 3 is 2.75 bits per heavy atom. The summed E-state index contributed by atoms with van der Waals surface area (Å²) in [5.41, 5.74) is 1.79. The van der Waals surface area contributed by atoms with Gasteiger partial charge >= 0.3 is 0 Å². The Kier molecular flexibility index (Phi) is 4.26. The number of aromatic amines is 1. The SMILES string of the molecule is COc1ccc(C=CS(=O)(=O)Nc2ccc3[nH]ccc3c2)cc1F. The molecule has 1 aromatic heterocycles. The number of rotatable bonds is 5. The summed E-state index contributed by atoms with van der Waals surface area (Å²) in [5, 5.41) is 1.90. The van der Waals surface area contributed by atoms with Crippen molar-refractivity contribution in [2.24, 2.45) is 0 Å². The van der Waals surface area contributed by atoms with Crippen LogP contribution in [0.3, 0.4) is 0 Å². The van der Waals surface area contributed by atoms with E-state index in [-0.39, 0.29) is 5.75 Å². The first kappa shape index (κ1) is 16.1. The predicted molar refractivity (Wildman–Crippen MR) is 92.8 cm³/mol. The Bertz CT molecular complexity index is 1010. The average molecular weight is 346 g/mol. The normalized spacial score (nSPS) is 11.9. The van der Waals surface area contributed by atoms with Crippen LogP contribution in [0.15, 0.2) is 54.1 Å². The molecule has 7 heteroatoms. The van der Waals surface area contributed by atoms with E-state index in [1.807, 2.05) is 6.07 Å². The Balaban J connectivity index is 1.78. The molecule has 0 saturated heterocycles. The van der Waals surface area contributed by atoms with Crippen LogP contribution < -0.4 is 9.46 Å². The molecule has 0 unspecified atom stereocenters. The zero-order valence-corrected chi connectivity index (χ0v) is 13.6. The molecule has 0 aliphatic heterocycles. The lowest BCUT2D eigenvalue weighted by Crippen LogP contribution is -2.08. The molecular weight excluding hydrogens is 331 g/mol. The fourth-order valence-corrected chi connectivity index (χ4v) is 3.13. The van der Waals surface area contributed by atoms with Crippen molar-refractivity contribution in [2.75, 3.05) is 11.8 Å². The van der Waals surface area contributed by atoms with Crippen LogP contribution in [0, 0.1) is 5.82 Å². The Morgan fingerprint density at radius 2 is 2.00 bits per heavy atom. The first-order valence-corrected chi connectivity index (χ1v) is 8.63. The van der Waals surface area contributed by atoms with Gasteiger partial charge in [0.15, 0.2) is 11.6 Å². The van der Waals surface area contributed by atoms with Gasteiger partial charge in [-0.15, -0.1) is 0 Å². The molecule has 0 aliphatic rings. The van der Waals surface area contributed by atoms with Gasteiger partial charge in [0.05, 0.1) is 12.5 Å². The van der Waals surface area contributed by atoms with Crippen LogP contribution in [0.5, 0.6) is 5.75 Å². The van der Waals surface area contributed by atoms with E-state index in [0.717, 1.165) is 16.3 Å². The largest absolute Gasteiger partial charge is 0.494 e. The van der Waals surface area contributed by atoms with Crippen LogP contribution >= 0.6 is 0 Å². The summed E-state index contributed by atoms with van der Waals surface area (Å²) in [7, 11) is -2.34. The molecule has 0 saturated carbocycles. The molecule has 0 radical (unpaired) electrons. The summed E-state index contributed by atoms with van der Waals surface area (Å²) < 4.78 is 45.2. The van der Waals surface area contributed by atoms with E-state index in [0.29, 0.717) is 11.3 Å². The minimum absolute atomic E-state index is 0.105. The molecule has 0 spiro atoms. The summed E-state index contributed by atoms with van der Waals surface area (Å²) in [5.74, 6) is -0.448. The van der Waals surface area contributed by atoms with Crippen LogP contribution in [0.1, 0.15) is 5.56 Å². The molecule has 124 valence electrons. The highest BCUT2D eigenvalue weighted by Crippen LogP contribution is 2.20. The summed E-state index contributed by atoms with van der Waals surface area (Å²) in [6.07, 6.45) is 3.10. The van der Waals surface area contributed by atoms with E-state index in [2.05, 4.69) is 9.71 Å².